The third-order valence-electron chi connectivity index (χ3n) is 2.50. The fourth-order valence-corrected chi connectivity index (χ4v) is 2.43. The molecule has 0 saturated heterocycles. The van der Waals surface area contributed by atoms with Gasteiger partial charge >= 0.3 is 0 Å². The first-order valence-corrected chi connectivity index (χ1v) is 6.86. The largest absolute Gasteiger partial charge is 0.299 e. The summed E-state index contributed by atoms with van der Waals surface area (Å²) in [6.07, 6.45) is 1.76. The number of hydrogen-bond acceptors (Lipinski definition) is 2. The zero-order chi connectivity index (χ0) is 11.3. The molecule has 0 aliphatic rings. The van der Waals surface area contributed by atoms with Gasteiger partial charge in [0.1, 0.15) is 0 Å². The van der Waals surface area contributed by atoms with E-state index in [0.717, 1.165) is 12.3 Å². The van der Waals surface area contributed by atoms with Crippen molar-refractivity contribution < 1.29 is 4.21 Å². The molecule has 0 fully saturated rings. The van der Waals surface area contributed by atoms with Gasteiger partial charge in [0, 0.05) is 35.4 Å². The van der Waals surface area contributed by atoms with Crippen LogP contribution < -0.4 is 0 Å². The lowest BCUT2D eigenvalue weighted by Crippen LogP contribution is -2.32. The minimum absolute atomic E-state index is 0.357. The summed E-state index contributed by atoms with van der Waals surface area (Å²) in [6.45, 7) is 3.03. The van der Waals surface area contributed by atoms with Crippen molar-refractivity contribution in [1.29, 1.82) is 0 Å². The molecule has 0 unspecified atom stereocenters. The molecule has 0 radical (unpaired) electrons. The Kier molecular flexibility index (Phi) is 4.99. The Balaban J connectivity index is 2.48. The van der Waals surface area contributed by atoms with Crippen LogP contribution in [0.4, 0.5) is 0 Å². The van der Waals surface area contributed by atoms with E-state index in [-0.39, 0.29) is 0 Å². The molecule has 84 valence electrons. The van der Waals surface area contributed by atoms with Gasteiger partial charge in [-0.1, -0.05) is 30.3 Å². The van der Waals surface area contributed by atoms with E-state index < -0.39 is 10.8 Å². The Morgan fingerprint density at radius 1 is 1.33 bits per heavy atom. The normalized spacial score (nSPS) is 15.2. The zero-order valence-corrected chi connectivity index (χ0v) is 10.5. The Morgan fingerprint density at radius 2 is 1.93 bits per heavy atom. The van der Waals surface area contributed by atoms with E-state index in [2.05, 4.69) is 31.0 Å². The molecule has 2 nitrogen and oxygen atoms in total. The van der Waals surface area contributed by atoms with Crippen LogP contribution >= 0.6 is 0 Å². The van der Waals surface area contributed by atoms with Gasteiger partial charge in [-0.25, -0.2) is 0 Å². The van der Waals surface area contributed by atoms with E-state index in [9.17, 15) is 4.21 Å². The summed E-state index contributed by atoms with van der Waals surface area (Å²) in [5.41, 5.74) is 1.30. The fraction of sp³-hybridized carbons (Fsp3) is 0.500. The Bertz CT molecular complexity index is 313. The standard InChI is InChI=1S/C12H19NOS/c1-11(10-15(3)14)13(2)9-12-7-5-4-6-8-12/h4-8,11H,9-10H2,1-3H3/t11-,15-/m0/s1. The van der Waals surface area contributed by atoms with Crippen LogP contribution in [-0.2, 0) is 17.3 Å². The number of nitrogens with zero attached hydrogens (tertiary/aromatic N) is 1. The van der Waals surface area contributed by atoms with Crippen LogP contribution in [0.3, 0.4) is 0 Å². The first-order chi connectivity index (χ1) is 7.09. The molecule has 0 aliphatic heterocycles. The Morgan fingerprint density at radius 3 is 2.47 bits per heavy atom. The van der Waals surface area contributed by atoms with Gasteiger partial charge in [0.25, 0.3) is 0 Å². The molecule has 0 saturated carbocycles. The Hall–Kier alpha value is -0.670. The highest BCUT2D eigenvalue weighted by atomic mass is 32.2. The third kappa shape index (κ3) is 4.58. The number of hydrogen-bond donors (Lipinski definition) is 0. The highest BCUT2D eigenvalue weighted by molar-refractivity contribution is 7.84. The lowest BCUT2D eigenvalue weighted by Gasteiger charge is -2.23. The summed E-state index contributed by atoms with van der Waals surface area (Å²) in [7, 11) is 1.36. The Labute approximate surface area is 94.8 Å². The molecule has 0 bridgehead atoms. The van der Waals surface area contributed by atoms with Gasteiger partial charge < -0.3 is 0 Å². The maximum atomic E-state index is 11.1. The summed E-state index contributed by atoms with van der Waals surface area (Å²) in [6, 6.07) is 10.7. The second kappa shape index (κ2) is 6.03. The van der Waals surface area contributed by atoms with Crippen LogP contribution in [-0.4, -0.2) is 34.2 Å². The van der Waals surface area contributed by atoms with E-state index >= 15 is 0 Å². The number of benzene rings is 1. The van der Waals surface area contributed by atoms with E-state index in [1.54, 1.807) is 6.26 Å². The highest BCUT2D eigenvalue weighted by Crippen LogP contribution is 2.06. The van der Waals surface area contributed by atoms with E-state index in [1.165, 1.54) is 5.56 Å². The van der Waals surface area contributed by atoms with Crippen LogP contribution in [0.15, 0.2) is 30.3 Å². The molecule has 1 aromatic rings. The lowest BCUT2D eigenvalue weighted by molar-refractivity contribution is 0.268. The molecule has 1 rings (SSSR count). The summed E-state index contributed by atoms with van der Waals surface area (Å²) in [5.74, 6) is 0.739. The molecule has 0 amide bonds. The molecule has 0 N–H and O–H groups in total. The van der Waals surface area contributed by atoms with Gasteiger partial charge in [0.05, 0.1) is 0 Å². The van der Waals surface area contributed by atoms with Gasteiger partial charge in [0.15, 0.2) is 0 Å². The van der Waals surface area contributed by atoms with Crippen molar-refractivity contribution in [1.82, 2.24) is 4.90 Å². The quantitative estimate of drug-likeness (QED) is 0.762. The molecular formula is C12H19NOS. The van der Waals surface area contributed by atoms with Crippen LogP contribution in [0.2, 0.25) is 0 Å². The van der Waals surface area contributed by atoms with Crippen LogP contribution in [0.25, 0.3) is 0 Å². The molecule has 3 heteroatoms. The smallest absolute Gasteiger partial charge is 0.0385 e. The SMILES string of the molecule is C[C@@H](C[S@](C)=O)N(C)Cc1ccccc1. The topological polar surface area (TPSA) is 20.3 Å². The summed E-state index contributed by atoms with van der Waals surface area (Å²) < 4.78 is 11.1. The second-order valence-corrected chi connectivity index (χ2v) is 5.47. The highest BCUT2D eigenvalue weighted by Gasteiger charge is 2.10. The molecule has 0 aromatic heterocycles. The van der Waals surface area contributed by atoms with Crippen molar-refractivity contribution >= 4 is 10.8 Å². The molecular weight excluding hydrogens is 206 g/mol. The predicted octanol–water partition coefficient (Wildman–Crippen LogP) is 1.89. The zero-order valence-electron chi connectivity index (χ0n) is 9.64. The lowest BCUT2D eigenvalue weighted by atomic mass is 10.2. The van der Waals surface area contributed by atoms with Gasteiger partial charge in [0.2, 0.25) is 0 Å². The maximum Gasteiger partial charge on any atom is 0.0385 e. The third-order valence-corrected chi connectivity index (χ3v) is 3.45. The second-order valence-electron chi connectivity index (χ2n) is 3.99. The van der Waals surface area contributed by atoms with Crippen molar-refractivity contribution in [2.75, 3.05) is 19.1 Å². The molecule has 0 heterocycles. The monoisotopic (exact) mass is 225 g/mol. The minimum atomic E-state index is -0.716. The van der Waals surface area contributed by atoms with Crippen molar-refractivity contribution in [3.05, 3.63) is 35.9 Å². The van der Waals surface area contributed by atoms with Crippen LogP contribution in [0, 0.1) is 0 Å². The van der Waals surface area contributed by atoms with Crippen molar-refractivity contribution in [3.8, 4) is 0 Å². The number of rotatable bonds is 5. The summed E-state index contributed by atoms with van der Waals surface area (Å²) in [4.78, 5) is 2.23. The minimum Gasteiger partial charge on any atom is -0.299 e. The summed E-state index contributed by atoms with van der Waals surface area (Å²) >= 11 is 0. The maximum absolute atomic E-state index is 11.1. The van der Waals surface area contributed by atoms with Crippen molar-refractivity contribution in [3.63, 3.8) is 0 Å². The molecule has 0 aliphatic carbocycles. The van der Waals surface area contributed by atoms with Crippen LogP contribution in [0.1, 0.15) is 12.5 Å². The molecule has 15 heavy (non-hydrogen) atoms. The molecule has 2 atom stereocenters. The van der Waals surface area contributed by atoms with Crippen molar-refractivity contribution in [2.45, 2.75) is 19.5 Å². The first kappa shape index (κ1) is 12.4. The van der Waals surface area contributed by atoms with Gasteiger partial charge in [-0.05, 0) is 19.5 Å². The fourth-order valence-electron chi connectivity index (χ4n) is 1.49. The molecule has 0 spiro atoms. The van der Waals surface area contributed by atoms with E-state index in [1.807, 2.05) is 18.2 Å². The average molecular weight is 225 g/mol. The van der Waals surface area contributed by atoms with Crippen LogP contribution in [0.5, 0.6) is 0 Å². The predicted molar refractivity (Wildman–Crippen MR) is 66.3 cm³/mol. The van der Waals surface area contributed by atoms with Gasteiger partial charge in [-0.3, -0.25) is 9.11 Å². The van der Waals surface area contributed by atoms with Crippen molar-refractivity contribution in [2.24, 2.45) is 0 Å². The molecule has 1 aromatic carbocycles. The summed E-state index contributed by atoms with van der Waals surface area (Å²) in [5, 5.41) is 0. The first-order valence-electron chi connectivity index (χ1n) is 5.14. The van der Waals surface area contributed by atoms with E-state index in [0.29, 0.717) is 6.04 Å². The van der Waals surface area contributed by atoms with Gasteiger partial charge in [-0.15, -0.1) is 0 Å². The van der Waals surface area contributed by atoms with E-state index in [4.69, 9.17) is 0 Å². The van der Waals surface area contributed by atoms with Gasteiger partial charge in [-0.2, -0.15) is 0 Å². The average Bonchev–Trinajstić information content (AvgIpc) is 2.18.